The van der Waals surface area contributed by atoms with Crippen LogP contribution >= 0.6 is 11.6 Å². The van der Waals surface area contributed by atoms with Crippen molar-refractivity contribution in [2.45, 2.75) is 12.5 Å². The Morgan fingerprint density at radius 2 is 1.77 bits per heavy atom. The number of hydrogen-bond donors (Lipinski definition) is 1. The highest BCUT2D eigenvalue weighted by Gasteiger charge is 2.47. The van der Waals surface area contributed by atoms with E-state index in [4.69, 9.17) is 25.8 Å². The van der Waals surface area contributed by atoms with Gasteiger partial charge < -0.3 is 24.2 Å². The quantitative estimate of drug-likeness (QED) is 0.337. The van der Waals surface area contributed by atoms with Crippen LogP contribution in [0.4, 0.5) is 0 Å². The maximum absolute atomic E-state index is 13.3. The Morgan fingerprint density at radius 3 is 2.43 bits per heavy atom. The summed E-state index contributed by atoms with van der Waals surface area (Å²) < 4.78 is 16.4. The van der Waals surface area contributed by atoms with E-state index in [1.807, 2.05) is 0 Å². The molecule has 2 saturated heterocycles. The average Bonchev–Trinajstić information content (AvgIpc) is 3.14. The maximum atomic E-state index is 13.3. The normalized spacial score (nSPS) is 20.3. The molecule has 0 radical (unpaired) electrons. The Labute approximate surface area is 209 Å². The molecule has 0 saturated carbocycles. The summed E-state index contributed by atoms with van der Waals surface area (Å²) in [4.78, 5) is 30.3. The van der Waals surface area contributed by atoms with Crippen molar-refractivity contribution < 1.29 is 28.9 Å². The van der Waals surface area contributed by atoms with Gasteiger partial charge in [0.05, 0.1) is 39.0 Å². The summed E-state index contributed by atoms with van der Waals surface area (Å²) in [7, 11) is 3.06. The number of rotatable bonds is 8. The molecule has 186 valence electrons. The second-order valence-electron chi connectivity index (χ2n) is 8.41. The lowest BCUT2D eigenvalue weighted by Crippen LogP contribution is -2.39. The molecular weight excluding hydrogens is 472 g/mol. The van der Waals surface area contributed by atoms with Crippen LogP contribution in [-0.4, -0.2) is 80.2 Å². The number of morpholine rings is 1. The molecule has 2 aromatic carbocycles. The minimum Gasteiger partial charge on any atom is -0.507 e. The van der Waals surface area contributed by atoms with Crippen molar-refractivity contribution in [2.75, 3.05) is 53.6 Å². The van der Waals surface area contributed by atoms with Crippen LogP contribution in [0.5, 0.6) is 11.5 Å². The number of carbonyl (C=O) groups excluding carboxylic acids is 2. The summed E-state index contributed by atoms with van der Waals surface area (Å²) in [5.41, 5.74) is 0.968. The van der Waals surface area contributed by atoms with E-state index in [9.17, 15) is 14.7 Å². The van der Waals surface area contributed by atoms with E-state index in [0.717, 1.165) is 19.6 Å². The van der Waals surface area contributed by atoms with E-state index < -0.39 is 17.7 Å². The van der Waals surface area contributed by atoms with Crippen LogP contribution in [0, 0.1) is 0 Å². The molecule has 35 heavy (non-hydrogen) atoms. The van der Waals surface area contributed by atoms with Crippen molar-refractivity contribution in [1.29, 1.82) is 0 Å². The molecule has 1 atom stereocenters. The van der Waals surface area contributed by atoms with E-state index in [1.54, 1.807) is 49.6 Å². The first-order valence-electron chi connectivity index (χ1n) is 11.5. The number of aliphatic hydroxyl groups excluding tert-OH is 1. The standard InChI is InChI=1S/C26H29ClN2O6/c1-33-19-8-9-21(34-2)20(16-19)23-22(24(30)17-4-6-18(27)7-5-17)25(31)26(32)29(23)11-3-10-28-12-14-35-15-13-28/h4-9,16,23,30H,3,10-15H2,1-2H3. The first-order valence-corrected chi connectivity index (χ1v) is 11.9. The van der Waals surface area contributed by atoms with Crippen molar-refractivity contribution in [2.24, 2.45) is 0 Å². The number of likely N-dealkylation sites (tertiary alicyclic amines) is 1. The predicted octanol–water partition coefficient (Wildman–Crippen LogP) is 3.50. The van der Waals surface area contributed by atoms with Gasteiger partial charge in [-0.1, -0.05) is 11.6 Å². The minimum atomic E-state index is -0.833. The van der Waals surface area contributed by atoms with Gasteiger partial charge in [-0.15, -0.1) is 0 Å². The van der Waals surface area contributed by atoms with E-state index in [0.29, 0.717) is 53.8 Å². The average molecular weight is 501 g/mol. The van der Waals surface area contributed by atoms with Crippen LogP contribution in [0.1, 0.15) is 23.6 Å². The van der Waals surface area contributed by atoms with Crippen molar-refractivity contribution >= 4 is 29.1 Å². The highest BCUT2D eigenvalue weighted by atomic mass is 35.5. The molecule has 2 fully saturated rings. The van der Waals surface area contributed by atoms with Crippen molar-refractivity contribution in [3.63, 3.8) is 0 Å². The Hall–Kier alpha value is -3.07. The molecule has 1 unspecified atom stereocenters. The second kappa shape index (κ2) is 11.1. The molecule has 2 aliphatic heterocycles. The van der Waals surface area contributed by atoms with E-state index in [1.165, 1.54) is 12.0 Å². The fourth-order valence-corrected chi connectivity index (χ4v) is 4.67. The largest absolute Gasteiger partial charge is 0.507 e. The first-order chi connectivity index (χ1) is 16.9. The van der Waals surface area contributed by atoms with Gasteiger partial charge in [0.2, 0.25) is 0 Å². The molecule has 0 bridgehead atoms. The van der Waals surface area contributed by atoms with Gasteiger partial charge >= 0.3 is 0 Å². The van der Waals surface area contributed by atoms with Gasteiger partial charge in [0, 0.05) is 42.3 Å². The molecule has 8 nitrogen and oxygen atoms in total. The molecule has 1 N–H and O–H groups in total. The van der Waals surface area contributed by atoms with Crippen LogP contribution in [0.3, 0.4) is 0 Å². The molecule has 0 aliphatic carbocycles. The number of methoxy groups -OCH3 is 2. The number of halogens is 1. The topological polar surface area (TPSA) is 88.5 Å². The zero-order valence-corrected chi connectivity index (χ0v) is 20.6. The number of ether oxygens (including phenoxy) is 3. The Balaban J connectivity index is 1.75. The van der Waals surface area contributed by atoms with Gasteiger partial charge in [-0.3, -0.25) is 14.5 Å². The van der Waals surface area contributed by atoms with Gasteiger partial charge in [-0.25, -0.2) is 0 Å². The van der Waals surface area contributed by atoms with Crippen LogP contribution in [-0.2, 0) is 14.3 Å². The summed E-state index contributed by atoms with van der Waals surface area (Å²) in [6.07, 6.45) is 0.663. The van der Waals surface area contributed by atoms with Gasteiger partial charge in [-0.2, -0.15) is 0 Å². The van der Waals surface area contributed by atoms with Crippen LogP contribution in [0.25, 0.3) is 5.76 Å². The number of benzene rings is 2. The van der Waals surface area contributed by atoms with Gasteiger partial charge in [0.15, 0.2) is 0 Å². The molecule has 1 amide bonds. The Bertz CT molecular complexity index is 1110. The molecule has 4 rings (SSSR count). The second-order valence-corrected chi connectivity index (χ2v) is 8.85. The maximum Gasteiger partial charge on any atom is 0.295 e. The van der Waals surface area contributed by atoms with Crippen molar-refractivity contribution in [3.05, 3.63) is 64.2 Å². The molecule has 2 heterocycles. The predicted molar refractivity (Wildman–Crippen MR) is 132 cm³/mol. The zero-order valence-electron chi connectivity index (χ0n) is 19.8. The van der Waals surface area contributed by atoms with Crippen molar-refractivity contribution in [1.82, 2.24) is 9.80 Å². The molecule has 0 spiro atoms. The summed E-state index contributed by atoms with van der Waals surface area (Å²) >= 11 is 6.00. The van der Waals surface area contributed by atoms with Gasteiger partial charge in [0.1, 0.15) is 17.3 Å². The highest BCUT2D eigenvalue weighted by molar-refractivity contribution is 6.46. The zero-order chi connectivity index (χ0) is 24.9. The molecule has 0 aromatic heterocycles. The molecule has 9 heteroatoms. The van der Waals surface area contributed by atoms with Crippen LogP contribution < -0.4 is 9.47 Å². The summed E-state index contributed by atoms with van der Waals surface area (Å²) in [5, 5.41) is 11.7. The first kappa shape index (κ1) is 25.0. The third-order valence-electron chi connectivity index (χ3n) is 6.37. The third-order valence-corrected chi connectivity index (χ3v) is 6.62. The Morgan fingerprint density at radius 1 is 1.06 bits per heavy atom. The third kappa shape index (κ3) is 5.29. The minimum absolute atomic E-state index is 0.00949. The lowest BCUT2D eigenvalue weighted by atomic mass is 9.94. The fourth-order valence-electron chi connectivity index (χ4n) is 4.54. The number of nitrogens with zero attached hydrogens (tertiary/aromatic N) is 2. The van der Waals surface area contributed by atoms with Gasteiger partial charge in [-0.05, 0) is 48.9 Å². The fraction of sp³-hybridized carbons (Fsp3) is 0.385. The van der Waals surface area contributed by atoms with E-state index >= 15 is 0 Å². The Kier molecular flexibility index (Phi) is 7.95. The summed E-state index contributed by atoms with van der Waals surface area (Å²) in [6.45, 7) is 4.15. The number of carbonyl (C=O) groups is 2. The molecule has 2 aliphatic rings. The number of hydrogen-bond acceptors (Lipinski definition) is 7. The number of ketones is 1. The van der Waals surface area contributed by atoms with E-state index in [-0.39, 0.29) is 11.3 Å². The number of Topliss-reactive ketones (excluding diaryl/α,β-unsaturated/α-hetero) is 1. The smallest absolute Gasteiger partial charge is 0.295 e. The van der Waals surface area contributed by atoms with Gasteiger partial charge in [0.25, 0.3) is 11.7 Å². The summed E-state index contributed by atoms with van der Waals surface area (Å²) in [5.74, 6) is -0.620. The highest BCUT2D eigenvalue weighted by Crippen LogP contribution is 2.44. The SMILES string of the molecule is COc1ccc(OC)c(C2C(=C(O)c3ccc(Cl)cc3)C(=O)C(=O)N2CCCN2CCOCC2)c1. The van der Waals surface area contributed by atoms with Crippen molar-refractivity contribution in [3.8, 4) is 11.5 Å². The van der Waals surface area contributed by atoms with E-state index in [2.05, 4.69) is 4.90 Å². The monoisotopic (exact) mass is 500 g/mol. The molecule has 2 aromatic rings. The lowest BCUT2D eigenvalue weighted by Gasteiger charge is -2.29. The lowest BCUT2D eigenvalue weighted by molar-refractivity contribution is -0.140. The number of amides is 1. The molecular formula is C26H29ClN2O6. The van der Waals surface area contributed by atoms with Crippen LogP contribution in [0.15, 0.2) is 48.0 Å². The summed E-state index contributed by atoms with van der Waals surface area (Å²) in [6, 6.07) is 10.8. The van der Waals surface area contributed by atoms with Crippen LogP contribution in [0.2, 0.25) is 5.02 Å². The number of aliphatic hydroxyl groups is 1.